The number of allylic oxidation sites excluding steroid dienone is 1. The van der Waals surface area contributed by atoms with Crippen molar-refractivity contribution in [2.45, 2.75) is 38.7 Å². The van der Waals surface area contributed by atoms with E-state index in [0.717, 1.165) is 25.9 Å². The molecule has 0 aromatic carbocycles. The Morgan fingerprint density at radius 1 is 1.54 bits per heavy atom. The highest BCUT2D eigenvalue weighted by atomic mass is 16.5. The summed E-state index contributed by atoms with van der Waals surface area (Å²) in [5, 5.41) is 8.83. The Balaban J connectivity index is 2.18. The summed E-state index contributed by atoms with van der Waals surface area (Å²) in [6.07, 6.45) is 8.81. The summed E-state index contributed by atoms with van der Waals surface area (Å²) in [5.74, 6) is 0.516. The molecule has 2 nitrogen and oxygen atoms in total. The Morgan fingerprint density at radius 2 is 2.38 bits per heavy atom. The van der Waals surface area contributed by atoms with E-state index in [1.54, 1.807) is 0 Å². The summed E-state index contributed by atoms with van der Waals surface area (Å²) in [6.45, 7) is 3.30. The van der Waals surface area contributed by atoms with Gasteiger partial charge in [0.25, 0.3) is 0 Å². The Labute approximate surface area is 80.6 Å². The molecule has 76 valence electrons. The summed E-state index contributed by atoms with van der Waals surface area (Å²) < 4.78 is 5.71. The van der Waals surface area contributed by atoms with Crippen LogP contribution in [-0.4, -0.2) is 24.4 Å². The standard InChI is InChI=1S/C11H20O2/c1-2-3-9-13-11-6-4-5-10(11)7-8-12/h4,6,10-12H,2-3,5,7-9H2,1H3/t10-,11-/m0/s1. The minimum atomic E-state index is 0.263. The highest BCUT2D eigenvalue weighted by Gasteiger charge is 2.22. The zero-order chi connectivity index (χ0) is 9.52. The maximum absolute atomic E-state index is 8.83. The number of ether oxygens (including phenoxy) is 1. The number of unbranched alkanes of at least 4 members (excludes halogenated alkanes) is 1. The van der Waals surface area contributed by atoms with Gasteiger partial charge >= 0.3 is 0 Å². The van der Waals surface area contributed by atoms with E-state index < -0.39 is 0 Å². The van der Waals surface area contributed by atoms with Gasteiger partial charge in [-0.25, -0.2) is 0 Å². The molecular weight excluding hydrogens is 164 g/mol. The van der Waals surface area contributed by atoms with Crippen molar-refractivity contribution in [3.8, 4) is 0 Å². The van der Waals surface area contributed by atoms with Crippen molar-refractivity contribution in [3.63, 3.8) is 0 Å². The monoisotopic (exact) mass is 184 g/mol. The van der Waals surface area contributed by atoms with E-state index in [9.17, 15) is 0 Å². The molecule has 0 aliphatic heterocycles. The third-order valence-electron chi connectivity index (χ3n) is 2.54. The van der Waals surface area contributed by atoms with Crippen LogP contribution >= 0.6 is 0 Å². The van der Waals surface area contributed by atoms with Crippen molar-refractivity contribution in [2.24, 2.45) is 5.92 Å². The predicted molar refractivity (Wildman–Crippen MR) is 53.6 cm³/mol. The smallest absolute Gasteiger partial charge is 0.0787 e. The topological polar surface area (TPSA) is 29.5 Å². The average molecular weight is 184 g/mol. The molecule has 13 heavy (non-hydrogen) atoms. The van der Waals surface area contributed by atoms with Crippen molar-refractivity contribution in [1.82, 2.24) is 0 Å². The van der Waals surface area contributed by atoms with Crippen LogP contribution in [0.3, 0.4) is 0 Å². The van der Waals surface area contributed by atoms with Crippen molar-refractivity contribution < 1.29 is 9.84 Å². The Morgan fingerprint density at radius 3 is 3.08 bits per heavy atom. The van der Waals surface area contributed by atoms with E-state index in [1.807, 2.05) is 0 Å². The van der Waals surface area contributed by atoms with E-state index in [4.69, 9.17) is 9.84 Å². The molecule has 0 saturated carbocycles. The van der Waals surface area contributed by atoms with Gasteiger partial charge in [-0.15, -0.1) is 0 Å². The van der Waals surface area contributed by atoms with Gasteiger partial charge in [-0.05, 0) is 25.2 Å². The van der Waals surface area contributed by atoms with Crippen LogP contribution in [0.4, 0.5) is 0 Å². The Bertz CT molecular complexity index is 154. The molecule has 0 fully saturated rings. The van der Waals surface area contributed by atoms with E-state index in [-0.39, 0.29) is 12.7 Å². The molecule has 0 aromatic heterocycles. The summed E-state index contributed by atoms with van der Waals surface area (Å²) in [6, 6.07) is 0. The second kappa shape index (κ2) is 6.17. The Hall–Kier alpha value is -0.340. The van der Waals surface area contributed by atoms with Crippen LogP contribution < -0.4 is 0 Å². The number of aliphatic hydroxyl groups is 1. The van der Waals surface area contributed by atoms with E-state index in [0.29, 0.717) is 5.92 Å². The summed E-state index contributed by atoms with van der Waals surface area (Å²) >= 11 is 0. The third-order valence-corrected chi connectivity index (χ3v) is 2.54. The molecular formula is C11H20O2. The lowest BCUT2D eigenvalue weighted by atomic mass is 10.0. The van der Waals surface area contributed by atoms with Crippen molar-refractivity contribution in [3.05, 3.63) is 12.2 Å². The molecule has 0 spiro atoms. The van der Waals surface area contributed by atoms with Crippen molar-refractivity contribution in [2.75, 3.05) is 13.2 Å². The zero-order valence-electron chi connectivity index (χ0n) is 8.41. The first-order chi connectivity index (χ1) is 6.38. The van der Waals surface area contributed by atoms with Gasteiger partial charge < -0.3 is 9.84 Å². The first-order valence-electron chi connectivity index (χ1n) is 5.27. The summed E-state index contributed by atoms with van der Waals surface area (Å²) in [4.78, 5) is 0. The highest BCUT2D eigenvalue weighted by Crippen LogP contribution is 2.24. The Kier molecular flexibility index (Phi) is 5.09. The summed E-state index contributed by atoms with van der Waals surface area (Å²) in [7, 11) is 0. The number of aliphatic hydroxyl groups excluding tert-OH is 1. The fourth-order valence-corrected chi connectivity index (χ4v) is 1.68. The maximum Gasteiger partial charge on any atom is 0.0787 e. The van der Waals surface area contributed by atoms with Crippen LogP contribution in [-0.2, 0) is 4.74 Å². The van der Waals surface area contributed by atoms with Gasteiger partial charge in [0.2, 0.25) is 0 Å². The molecule has 1 N–H and O–H groups in total. The van der Waals surface area contributed by atoms with Gasteiger partial charge in [0, 0.05) is 13.2 Å². The lowest BCUT2D eigenvalue weighted by Crippen LogP contribution is -2.19. The zero-order valence-corrected chi connectivity index (χ0v) is 8.41. The number of rotatable bonds is 6. The van der Waals surface area contributed by atoms with Crippen LogP contribution in [0.5, 0.6) is 0 Å². The third kappa shape index (κ3) is 3.49. The fraction of sp³-hybridized carbons (Fsp3) is 0.818. The lowest BCUT2D eigenvalue weighted by molar-refractivity contribution is 0.0422. The van der Waals surface area contributed by atoms with Crippen LogP contribution in [0.1, 0.15) is 32.6 Å². The summed E-state index contributed by atoms with van der Waals surface area (Å²) in [5.41, 5.74) is 0. The van der Waals surface area contributed by atoms with Crippen molar-refractivity contribution >= 4 is 0 Å². The van der Waals surface area contributed by atoms with E-state index in [2.05, 4.69) is 19.1 Å². The second-order valence-corrected chi connectivity index (χ2v) is 3.63. The van der Waals surface area contributed by atoms with E-state index in [1.165, 1.54) is 6.42 Å². The molecule has 1 aliphatic rings. The quantitative estimate of drug-likeness (QED) is 0.506. The van der Waals surface area contributed by atoms with Gasteiger partial charge in [-0.1, -0.05) is 25.5 Å². The van der Waals surface area contributed by atoms with Crippen molar-refractivity contribution in [1.29, 1.82) is 0 Å². The minimum absolute atomic E-state index is 0.263. The molecule has 0 amide bonds. The molecule has 0 heterocycles. The van der Waals surface area contributed by atoms with Gasteiger partial charge in [0.1, 0.15) is 0 Å². The highest BCUT2D eigenvalue weighted by molar-refractivity contribution is 5.02. The first-order valence-corrected chi connectivity index (χ1v) is 5.27. The van der Waals surface area contributed by atoms with Crippen LogP contribution in [0, 0.1) is 5.92 Å². The van der Waals surface area contributed by atoms with Gasteiger partial charge in [0.15, 0.2) is 0 Å². The molecule has 1 aliphatic carbocycles. The molecule has 2 heteroatoms. The SMILES string of the molecule is CCCCO[C@H]1C=CC[C@H]1CCO. The molecule has 2 atom stereocenters. The molecule has 1 rings (SSSR count). The minimum Gasteiger partial charge on any atom is -0.396 e. The predicted octanol–water partition coefficient (Wildman–Crippen LogP) is 2.13. The fourth-order valence-electron chi connectivity index (χ4n) is 1.68. The molecule has 0 bridgehead atoms. The van der Waals surface area contributed by atoms with Crippen LogP contribution in [0.15, 0.2) is 12.2 Å². The molecule has 0 unspecified atom stereocenters. The van der Waals surface area contributed by atoms with Gasteiger partial charge in [0.05, 0.1) is 6.10 Å². The molecule has 0 saturated heterocycles. The maximum atomic E-state index is 8.83. The average Bonchev–Trinajstić information content (AvgIpc) is 2.54. The lowest BCUT2D eigenvalue weighted by Gasteiger charge is -2.18. The van der Waals surface area contributed by atoms with Crippen LogP contribution in [0.25, 0.3) is 0 Å². The molecule has 0 aromatic rings. The normalized spacial score (nSPS) is 26.9. The number of hydrogen-bond acceptors (Lipinski definition) is 2. The van der Waals surface area contributed by atoms with Gasteiger partial charge in [-0.3, -0.25) is 0 Å². The number of hydrogen-bond donors (Lipinski definition) is 1. The molecule has 0 radical (unpaired) electrons. The van der Waals surface area contributed by atoms with Gasteiger partial charge in [-0.2, -0.15) is 0 Å². The largest absolute Gasteiger partial charge is 0.396 e. The second-order valence-electron chi connectivity index (χ2n) is 3.63. The van der Waals surface area contributed by atoms with Crippen LogP contribution in [0.2, 0.25) is 0 Å². The first kappa shape index (κ1) is 10.7. The van der Waals surface area contributed by atoms with E-state index >= 15 is 0 Å².